The molecule has 1 aromatic heterocycles. The van der Waals surface area contributed by atoms with E-state index < -0.39 is 0 Å². The van der Waals surface area contributed by atoms with E-state index >= 15 is 0 Å². The summed E-state index contributed by atoms with van der Waals surface area (Å²) in [7, 11) is 0. The van der Waals surface area contributed by atoms with Gasteiger partial charge >= 0.3 is 0 Å². The fraction of sp³-hybridized carbons (Fsp3) is 0.733. The molecule has 2 fully saturated rings. The number of nitrogens with zero attached hydrogens (tertiary/aromatic N) is 4. The van der Waals surface area contributed by atoms with Gasteiger partial charge in [-0.05, 0) is 26.3 Å². The minimum absolute atomic E-state index is 0.237. The molecule has 0 aromatic carbocycles. The van der Waals surface area contributed by atoms with Gasteiger partial charge in [-0.2, -0.15) is 5.10 Å². The SMILES string of the molecule is Cc1cc(C)n([C@@H]2CCN(C(=O)CN3CCOCC3)C2)n1. The lowest BCUT2D eigenvalue weighted by Crippen LogP contribution is -2.44. The number of aromatic nitrogens is 2. The summed E-state index contributed by atoms with van der Waals surface area (Å²) in [4.78, 5) is 16.6. The van der Waals surface area contributed by atoms with Gasteiger partial charge in [0.15, 0.2) is 0 Å². The first-order chi connectivity index (χ1) is 10.1. The van der Waals surface area contributed by atoms with E-state index in [0.29, 0.717) is 12.6 Å². The van der Waals surface area contributed by atoms with Crippen LogP contribution in [0.5, 0.6) is 0 Å². The summed E-state index contributed by atoms with van der Waals surface area (Å²) in [6.07, 6.45) is 0.997. The van der Waals surface area contributed by atoms with Crippen LogP contribution in [0, 0.1) is 13.8 Å². The summed E-state index contributed by atoms with van der Waals surface area (Å²) in [5.41, 5.74) is 2.23. The van der Waals surface area contributed by atoms with Crippen LogP contribution in [-0.4, -0.2) is 71.4 Å². The van der Waals surface area contributed by atoms with Gasteiger partial charge in [0.2, 0.25) is 5.91 Å². The molecule has 1 amide bonds. The third-order valence-electron chi connectivity index (χ3n) is 4.37. The Hall–Kier alpha value is -1.40. The van der Waals surface area contributed by atoms with Crippen molar-refractivity contribution in [1.29, 1.82) is 0 Å². The van der Waals surface area contributed by atoms with Crippen molar-refractivity contribution in [2.24, 2.45) is 0 Å². The van der Waals surface area contributed by atoms with E-state index in [1.54, 1.807) is 0 Å². The molecule has 3 rings (SSSR count). The van der Waals surface area contributed by atoms with Crippen LogP contribution in [0.4, 0.5) is 0 Å². The second-order valence-electron chi connectivity index (χ2n) is 6.04. The average Bonchev–Trinajstić information content (AvgIpc) is 3.06. The van der Waals surface area contributed by atoms with Crippen molar-refractivity contribution >= 4 is 5.91 Å². The topological polar surface area (TPSA) is 50.6 Å². The Kier molecular flexibility index (Phi) is 4.26. The second-order valence-corrected chi connectivity index (χ2v) is 6.04. The average molecular weight is 292 g/mol. The Labute approximate surface area is 125 Å². The van der Waals surface area contributed by atoms with Crippen molar-refractivity contribution < 1.29 is 9.53 Å². The molecule has 0 spiro atoms. The third kappa shape index (κ3) is 3.27. The highest BCUT2D eigenvalue weighted by atomic mass is 16.5. The number of ether oxygens (including phenoxy) is 1. The van der Waals surface area contributed by atoms with Gasteiger partial charge in [0.25, 0.3) is 0 Å². The summed E-state index contributed by atoms with van der Waals surface area (Å²) < 4.78 is 7.40. The smallest absolute Gasteiger partial charge is 0.236 e. The molecule has 21 heavy (non-hydrogen) atoms. The molecule has 116 valence electrons. The maximum atomic E-state index is 12.4. The zero-order valence-corrected chi connectivity index (χ0v) is 12.9. The number of hydrogen-bond donors (Lipinski definition) is 0. The molecular weight excluding hydrogens is 268 g/mol. The highest BCUT2D eigenvalue weighted by Crippen LogP contribution is 2.23. The Morgan fingerprint density at radius 1 is 1.33 bits per heavy atom. The van der Waals surface area contributed by atoms with Gasteiger partial charge in [-0.1, -0.05) is 0 Å². The maximum absolute atomic E-state index is 12.4. The summed E-state index contributed by atoms with van der Waals surface area (Å²) in [6.45, 7) is 9.44. The number of morpholine rings is 1. The number of rotatable bonds is 3. The molecule has 0 saturated carbocycles. The van der Waals surface area contributed by atoms with Crippen LogP contribution >= 0.6 is 0 Å². The van der Waals surface area contributed by atoms with E-state index in [-0.39, 0.29) is 5.91 Å². The quantitative estimate of drug-likeness (QED) is 0.819. The van der Waals surface area contributed by atoms with Crippen LogP contribution in [-0.2, 0) is 9.53 Å². The molecular formula is C15H24N4O2. The second kappa shape index (κ2) is 6.15. The number of likely N-dealkylation sites (tertiary alicyclic amines) is 1. The highest BCUT2D eigenvalue weighted by Gasteiger charge is 2.29. The molecule has 3 heterocycles. The molecule has 1 aromatic rings. The fourth-order valence-electron chi connectivity index (χ4n) is 3.23. The first-order valence-electron chi connectivity index (χ1n) is 7.74. The number of carbonyl (C=O) groups excluding carboxylic acids is 1. The van der Waals surface area contributed by atoms with Gasteiger partial charge in [-0.15, -0.1) is 0 Å². The molecule has 0 unspecified atom stereocenters. The van der Waals surface area contributed by atoms with Crippen molar-refractivity contribution in [3.63, 3.8) is 0 Å². The van der Waals surface area contributed by atoms with E-state index in [9.17, 15) is 4.79 Å². The van der Waals surface area contributed by atoms with E-state index in [1.165, 1.54) is 5.69 Å². The zero-order valence-electron chi connectivity index (χ0n) is 12.9. The molecule has 0 bridgehead atoms. The first kappa shape index (κ1) is 14.5. The van der Waals surface area contributed by atoms with Gasteiger partial charge < -0.3 is 9.64 Å². The van der Waals surface area contributed by atoms with E-state index in [0.717, 1.165) is 51.5 Å². The van der Waals surface area contributed by atoms with Crippen molar-refractivity contribution in [2.45, 2.75) is 26.3 Å². The zero-order chi connectivity index (χ0) is 14.8. The number of hydrogen-bond acceptors (Lipinski definition) is 4. The van der Waals surface area contributed by atoms with Crippen molar-refractivity contribution in [1.82, 2.24) is 19.6 Å². The molecule has 2 aliphatic rings. The molecule has 2 saturated heterocycles. The predicted molar refractivity (Wildman–Crippen MR) is 79.2 cm³/mol. The lowest BCUT2D eigenvalue weighted by atomic mass is 10.2. The third-order valence-corrected chi connectivity index (χ3v) is 4.37. The van der Waals surface area contributed by atoms with Crippen LogP contribution in [0.25, 0.3) is 0 Å². The molecule has 2 aliphatic heterocycles. The molecule has 0 radical (unpaired) electrons. The summed E-state index contributed by atoms with van der Waals surface area (Å²) in [5, 5.41) is 4.55. The number of aryl methyl sites for hydroxylation is 2. The van der Waals surface area contributed by atoms with E-state index in [4.69, 9.17) is 4.74 Å². The largest absolute Gasteiger partial charge is 0.379 e. The molecule has 1 atom stereocenters. The van der Waals surface area contributed by atoms with E-state index in [2.05, 4.69) is 27.7 Å². The fourth-order valence-corrected chi connectivity index (χ4v) is 3.23. The lowest BCUT2D eigenvalue weighted by Gasteiger charge is -2.28. The predicted octanol–water partition coefficient (Wildman–Crippen LogP) is 0.606. The Bertz CT molecular complexity index is 508. The van der Waals surface area contributed by atoms with Gasteiger partial charge in [-0.25, -0.2) is 0 Å². The molecule has 0 N–H and O–H groups in total. The van der Waals surface area contributed by atoms with Crippen LogP contribution in [0.15, 0.2) is 6.07 Å². The van der Waals surface area contributed by atoms with Crippen molar-refractivity contribution in [3.8, 4) is 0 Å². The van der Waals surface area contributed by atoms with Crippen LogP contribution in [0.1, 0.15) is 23.9 Å². The van der Waals surface area contributed by atoms with Gasteiger partial charge in [0.1, 0.15) is 0 Å². The van der Waals surface area contributed by atoms with Crippen LogP contribution in [0.2, 0.25) is 0 Å². The summed E-state index contributed by atoms with van der Waals surface area (Å²) >= 11 is 0. The standard InChI is InChI=1S/C15H24N4O2/c1-12-9-13(2)19(16-12)14-3-4-18(10-14)15(20)11-17-5-7-21-8-6-17/h9,14H,3-8,10-11H2,1-2H3/t14-/m1/s1. The highest BCUT2D eigenvalue weighted by molar-refractivity contribution is 5.78. The normalized spacial score (nSPS) is 23.7. The monoisotopic (exact) mass is 292 g/mol. The van der Waals surface area contributed by atoms with Gasteiger partial charge in [-0.3, -0.25) is 14.4 Å². The minimum atomic E-state index is 0.237. The van der Waals surface area contributed by atoms with Crippen molar-refractivity contribution in [3.05, 3.63) is 17.5 Å². The molecule has 0 aliphatic carbocycles. The number of carbonyl (C=O) groups is 1. The maximum Gasteiger partial charge on any atom is 0.236 e. The number of amides is 1. The van der Waals surface area contributed by atoms with Gasteiger partial charge in [0.05, 0.1) is 31.5 Å². The Balaban J connectivity index is 1.56. The first-order valence-corrected chi connectivity index (χ1v) is 7.74. The lowest BCUT2D eigenvalue weighted by molar-refractivity contribution is -0.132. The minimum Gasteiger partial charge on any atom is -0.379 e. The van der Waals surface area contributed by atoms with Crippen LogP contribution < -0.4 is 0 Å². The van der Waals surface area contributed by atoms with Crippen molar-refractivity contribution in [2.75, 3.05) is 45.9 Å². The van der Waals surface area contributed by atoms with Gasteiger partial charge in [0, 0.05) is 31.9 Å². The Morgan fingerprint density at radius 3 is 2.76 bits per heavy atom. The summed E-state index contributed by atoms with van der Waals surface area (Å²) in [5.74, 6) is 0.237. The van der Waals surface area contributed by atoms with Crippen LogP contribution in [0.3, 0.4) is 0 Å². The molecule has 6 heteroatoms. The summed E-state index contributed by atoms with van der Waals surface area (Å²) in [6, 6.07) is 2.42. The Morgan fingerprint density at radius 2 is 2.10 bits per heavy atom. The molecule has 6 nitrogen and oxygen atoms in total. The van der Waals surface area contributed by atoms with E-state index in [1.807, 2.05) is 11.8 Å².